The van der Waals surface area contributed by atoms with Crippen LogP contribution in [0.1, 0.15) is 29.9 Å². The maximum atomic E-state index is 13.5. The summed E-state index contributed by atoms with van der Waals surface area (Å²) in [6.45, 7) is 4.97. The number of carbonyl (C=O) groups is 2. The number of aromatic nitrogens is 1. The minimum Gasteiger partial charge on any atom is -0.496 e. The van der Waals surface area contributed by atoms with Gasteiger partial charge in [0.05, 0.1) is 27.4 Å². The summed E-state index contributed by atoms with van der Waals surface area (Å²) in [5.41, 5.74) is 1.30. The molecule has 1 aromatic heterocycles. The molecule has 2 amide bonds. The van der Waals surface area contributed by atoms with Gasteiger partial charge in [-0.3, -0.25) is 9.59 Å². The molecule has 0 bridgehead atoms. The molecule has 0 radical (unpaired) electrons. The second kappa shape index (κ2) is 11.4. The van der Waals surface area contributed by atoms with Crippen LogP contribution >= 0.6 is 0 Å². The molecule has 0 saturated heterocycles. The van der Waals surface area contributed by atoms with E-state index in [9.17, 15) is 9.59 Å². The third-order valence-corrected chi connectivity index (χ3v) is 5.15. The quantitative estimate of drug-likeness (QED) is 0.547. The van der Waals surface area contributed by atoms with Crippen molar-refractivity contribution in [2.45, 2.75) is 26.4 Å². The summed E-state index contributed by atoms with van der Waals surface area (Å²) in [5, 5.41) is 0. The van der Waals surface area contributed by atoms with Crippen LogP contribution in [0.2, 0.25) is 0 Å². The van der Waals surface area contributed by atoms with Crippen molar-refractivity contribution in [1.29, 1.82) is 0 Å². The van der Waals surface area contributed by atoms with Gasteiger partial charge in [0.25, 0.3) is 5.91 Å². The van der Waals surface area contributed by atoms with Gasteiger partial charge in [-0.25, -0.2) is 0 Å². The smallest absolute Gasteiger partial charge is 0.262 e. The van der Waals surface area contributed by atoms with Gasteiger partial charge in [-0.2, -0.15) is 0 Å². The highest BCUT2D eigenvalue weighted by molar-refractivity contribution is 6.01. The molecule has 0 fully saturated rings. The fraction of sp³-hybridized carbons (Fsp3) is 0.478. The van der Waals surface area contributed by atoms with E-state index in [4.69, 9.17) is 14.2 Å². The minimum absolute atomic E-state index is 0.0637. The Morgan fingerprint density at radius 1 is 1.03 bits per heavy atom. The molecule has 0 unspecified atom stereocenters. The Morgan fingerprint density at radius 3 is 2.16 bits per heavy atom. The molecule has 170 valence electrons. The number of benzene rings is 1. The zero-order valence-electron chi connectivity index (χ0n) is 19.3. The predicted octanol–water partition coefficient (Wildman–Crippen LogP) is 2.57. The number of hydrogen-bond acceptors (Lipinski definition) is 5. The van der Waals surface area contributed by atoms with Gasteiger partial charge in [-0.15, -0.1) is 0 Å². The standard InChI is InChI=1S/C23H33N3O5/c1-17(2)26(23(28)22-19(30-5)10-7-11-20(22)31-6)16-21(27)25(13-14-29-4)15-18-9-8-12-24(18)3/h7-12,17H,13-16H2,1-6H3. The summed E-state index contributed by atoms with van der Waals surface area (Å²) in [6.07, 6.45) is 1.94. The molecule has 0 aliphatic heterocycles. The lowest BCUT2D eigenvalue weighted by molar-refractivity contribution is -0.133. The molecule has 0 atom stereocenters. The van der Waals surface area contributed by atoms with Crippen LogP contribution in [0.5, 0.6) is 11.5 Å². The van der Waals surface area contributed by atoms with Crippen LogP contribution in [0.25, 0.3) is 0 Å². The third-order valence-electron chi connectivity index (χ3n) is 5.15. The van der Waals surface area contributed by atoms with Crippen LogP contribution in [0, 0.1) is 0 Å². The third kappa shape index (κ3) is 6.01. The average molecular weight is 432 g/mol. The number of nitrogens with zero attached hydrogens (tertiary/aromatic N) is 3. The van der Waals surface area contributed by atoms with Crippen molar-refractivity contribution in [3.63, 3.8) is 0 Å². The van der Waals surface area contributed by atoms with Crippen LogP contribution < -0.4 is 9.47 Å². The summed E-state index contributed by atoms with van der Waals surface area (Å²) >= 11 is 0. The molecule has 31 heavy (non-hydrogen) atoms. The topological polar surface area (TPSA) is 73.2 Å². The lowest BCUT2D eigenvalue weighted by Crippen LogP contribution is -2.46. The van der Waals surface area contributed by atoms with Gasteiger partial charge in [-0.05, 0) is 38.1 Å². The highest BCUT2D eigenvalue weighted by Gasteiger charge is 2.29. The van der Waals surface area contributed by atoms with Crippen molar-refractivity contribution < 1.29 is 23.8 Å². The molecule has 0 aliphatic rings. The van der Waals surface area contributed by atoms with E-state index in [1.54, 1.807) is 30.2 Å². The first-order chi connectivity index (χ1) is 14.8. The monoisotopic (exact) mass is 431 g/mol. The van der Waals surface area contributed by atoms with Crippen molar-refractivity contribution in [2.75, 3.05) is 41.0 Å². The summed E-state index contributed by atoms with van der Waals surface area (Å²) in [4.78, 5) is 30.0. The summed E-state index contributed by atoms with van der Waals surface area (Å²) in [5.74, 6) is 0.336. The predicted molar refractivity (Wildman–Crippen MR) is 118 cm³/mol. The van der Waals surface area contributed by atoms with Crippen molar-refractivity contribution in [1.82, 2.24) is 14.4 Å². The second-order valence-electron chi connectivity index (χ2n) is 7.48. The van der Waals surface area contributed by atoms with E-state index in [1.165, 1.54) is 19.1 Å². The first-order valence-electron chi connectivity index (χ1n) is 10.2. The zero-order valence-corrected chi connectivity index (χ0v) is 19.3. The number of ether oxygens (including phenoxy) is 3. The molecule has 0 spiro atoms. The lowest BCUT2D eigenvalue weighted by Gasteiger charge is -2.31. The summed E-state index contributed by atoms with van der Waals surface area (Å²) in [6, 6.07) is 8.87. The molecular formula is C23H33N3O5. The van der Waals surface area contributed by atoms with Gasteiger partial charge < -0.3 is 28.6 Å². The number of rotatable bonds is 11. The van der Waals surface area contributed by atoms with E-state index in [-0.39, 0.29) is 24.4 Å². The van der Waals surface area contributed by atoms with Gasteiger partial charge in [0.15, 0.2) is 0 Å². The molecule has 0 saturated carbocycles. The van der Waals surface area contributed by atoms with Crippen molar-refractivity contribution in [2.24, 2.45) is 7.05 Å². The second-order valence-corrected chi connectivity index (χ2v) is 7.48. The van der Waals surface area contributed by atoms with Crippen LogP contribution in [-0.2, 0) is 23.1 Å². The molecule has 8 heteroatoms. The number of aryl methyl sites for hydroxylation is 1. The Kier molecular flexibility index (Phi) is 8.93. The Hall–Kier alpha value is -3.00. The molecule has 2 rings (SSSR count). The summed E-state index contributed by atoms with van der Waals surface area (Å²) < 4.78 is 17.9. The van der Waals surface area contributed by atoms with E-state index < -0.39 is 0 Å². The molecular weight excluding hydrogens is 398 g/mol. The van der Waals surface area contributed by atoms with E-state index >= 15 is 0 Å². The van der Waals surface area contributed by atoms with Gasteiger partial charge in [0.1, 0.15) is 23.6 Å². The molecule has 8 nitrogen and oxygen atoms in total. The van der Waals surface area contributed by atoms with Gasteiger partial charge in [-0.1, -0.05) is 6.07 Å². The highest BCUT2D eigenvalue weighted by Crippen LogP contribution is 2.30. The normalized spacial score (nSPS) is 10.8. The van der Waals surface area contributed by atoms with E-state index in [2.05, 4.69) is 0 Å². The van der Waals surface area contributed by atoms with E-state index in [0.29, 0.717) is 36.8 Å². The van der Waals surface area contributed by atoms with Gasteiger partial charge in [0.2, 0.25) is 5.91 Å². The maximum absolute atomic E-state index is 13.5. The molecule has 2 aromatic rings. The Balaban J connectivity index is 2.29. The molecule has 1 heterocycles. The van der Waals surface area contributed by atoms with Crippen LogP contribution in [0.4, 0.5) is 0 Å². The van der Waals surface area contributed by atoms with Crippen molar-refractivity contribution >= 4 is 11.8 Å². The van der Waals surface area contributed by atoms with E-state index in [1.807, 2.05) is 43.8 Å². The van der Waals surface area contributed by atoms with Crippen LogP contribution in [0.3, 0.4) is 0 Å². The Morgan fingerprint density at radius 2 is 1.68 bits per heavy atom. The first-order valence-corrected chi connectivity index (χ1v) is 10.2. The Labute approximate surface area is 184 Å². The first kappa shape index (κ1) is 24.3. The van der Waals surface area contributed by atoms with Crippen molar-refractivity contribution in [3.8, 4) is 11.5 Å². The molecule has 0 aliphatic carbocycles. The highest BCUT2D eigenvalue weighted by atomic mass is 16.5. The van der Waals surface area contributed by atoms with Gasteiger partial charge >= 0.3 is 0 Å². The SMILES string of the molecule is COCCN(Cc1cccn1C)C(=O)CN(C(=O)c1c(OC)cccc1OC)C(C)C. The number of carbonyl (C=O) groups excluding carboxylic acids is 2. The van der Waals surface area contributed by atoms with E-state index in [0.717, 1.165) is 5.69 Å². The summed E-state index contributed by atoms with van der Waals surface area (Å²) in [7, 11) is 6.54. The van der Waals surface area contributed by atoms with Crippen LogP contribution in [0.15, 0.2) is 36.5 Å². The molecule has 1 aromatic carbocycles. The minimum atomic E-state index is -0.316. The fourth-order valence-electron chi connectivity index (χ4n) is 3.29. The van der Waals surface area contributed by atoms with Crippen molar-refractivity contribution in [3.05, 3.63) is 47.8 Å². The maximum Gasteiger partial charge on any atom is 0.262 e. The number of methoxy groups -OCH3 is 3. The number of amides is 2. The Bertz CT molecular complexity index is 856. The number of hydrogen-bond donors (Lipinski definition) is 0. The van der Waals surface area contributed by atoms with Crippen LogP contribution in [-0.4, -0.2) is 73.2 Å². The van der Waals surface area contributed by atoms with Gasteiger partial charge in [0, 0.05) is 38.6 Å². The zero-order chi connectivity index (χ0) is 23.0. The average Bonchev–Trinajstić information content (AvgIpc) is 3.17. The largest absolute Gasteiger partial charge is 0.496 e. The lowest BCUT2D eigenvalue weighted by atomic mass is 10.1. The fourth-order valence-corrected chi connectivity index (χ4v) is 3.29. The molecule has 0 N–H and O–H groups in total.